The van der Waals surface area contributed by atoms with Crippen molar-refractivity contribution in [3.63, 3.8) is 0 Å². The van der Waals surface area contributed by atoms with Crippen molar-refractivity contribution in [1.29, 1.82) is 0 Å². The molecule has 0 saturated carbocycles. The van der Waals surface area contributed by atoms with Crippen molar-refractivity contribution in [3.8, 4) is 0 Å². The van der Waals surface area contributed by atoms with Gasteiger partial charge in [-0.15, -0.1) is 0 Å². The Kier molecular flexibility index (Phi) is 9.89. The molecule has 3 nitrogen and oxygen atoms in total. The molecule has 0 amide bonds. The van der Waals surface area contributed by atoms with Crippen LogP contribution in [-0.2, 0) is 13.9 Å². The molecule has 0 aromatic carbocycles. The second kappa shape index (κ2) is 9.53. The monoisotopic (exact) mass is 210 g/mol. The van der Waals surface area contributed by atoms with E-state index in [0.717, 1.165) is 11.8 Å². The van der Waals surface area contributed by atoms with Crippen LogP contribution in [0.4, 0.5) is 0 Å². The minimum atomic E-state index is -0.503. The summed E-state index contributed by atoms with van der Waals surface area (Å²) in [5.41, 5.74) is 0. The molecule has 0 aromatic heterocycles. The molecule has 0 heterocycles. The maximum Gasteiger partial charge on any atom is 0.261 e. The van der Waals surface area contributed by atoms with Gasteiger partial charge in [0.05, 0.1) is 0 Å². The van der Waals surface area contributed by atoms with Crippen molar-refractivity contribution < 1.29 is 13.9 Å². The molecule has 74 valence electrons. The molecule has 0 unspecified atom stereocenters. The van der Waals surface area contributed by atoms with Crippen LogP contribution in [0.15, 0.2) is 0 Å². The first-order valence-electron chi connectivity index (χ1n) is 4.30. The summed E-state index contributed by atoms with van der Waals surface area (Å²) in [6.45, 7) is 4.66. The molecule has 0 N–H and O–H groups in total. The summed E-state index contributed by atoms with van der Waals surface area (Å²) in [5.74, 6) is 0.886. The summed E-state index contributed by atoms with van der Waals surface area (Å²) in [6, 6.07) is 1.06. The van der Waals surface area contributed by atoms with E-state index in [4.69, 9.17) is 13.9 Å². The lowest BCUT2D eigenvalue weighted by Gasteiger charge is -2.16. The number of hydrogen-bond donors (Lipinski definition) is 1. The maximum atomic E-state index is 5.41. The summed E-state index contributed by atoms with van der Waals surface area (Å²) >= 11 is 4.10. The first-order valence-corrected chi connectivity index (χ1v) is 6.51. The minimum Gasteiger partial charge on any atom is -0.379 e. The fraction of sp³-hybridized carbons (Fsp3) is 1.00. The Labute approximate surface area is 82.1 Å². The number of rotatable bonds is 8. The predicted molar refractivity (Wildman–Crippen MR) is 55.3 cm³/mol. The van der Waals surface area contributed by atoms with Gasteiger partial charge in [-0.1, -0.05) is 0 Å². The van der Waals surface area contributed by atoms with E-state index in [1.165, 1.54) is 0 Å². The zero-order valence-electron chi connectivity index (χ0n) is 7.78. The van der Waals surface area contributed by atoms with E-state index in [2.05, 4.69) is 12.6 Å². The number of thiol groups is 1. The van der Waals surface area contributed by atoms with Gasteiger partial charge in [-0.25, -0.2) is 0 Å². The third kappa shape index (κ3) is 7.12. The van der Waals surface area contributed by atoms with Crippen LogP contribution in [0.2, 0.25) is 6.04 Å². The topological polar surface area (TPSA) is 27.7 Å². The summed E-state index contributed by atoms with van der Waals surface area (Å²) in [5, 5.41) is 0. The van der Waals surface area contributed by atoms with Crippen molar-refractivity contribution in [2.75, 3.05) is 19.0 Å². The third-order valence-electron chi connectivity index (χ3n) is 1.16. The van der Waals surface area contributed by atoms with Gasteiger partial charge in [0.25, 0.3) is 6.48 Å². The molecule has 0 radical (unpaired) electrons. The molecule has 0 atom stereocenters. The van der Waals surface area contributed by atoms with Crippen molar-refractivity contribution in [1.82, 2.24) is 0 Å². The Morgan fingerprint density at radius 2 is 1.83 bits per heavy atom. The quantitative estimate of drug-likeness (QED) is 0.278. The van der Waals surface area contributed by atoms with Crippen molar-refractivity contribution in [3.05, 3.63) is 0 Å². The maximum absolute atomic E-state index is 5.41. The SMILES string of the molecule is CCOC(OCC)O[SiH2]CCS. The normalized spacial score (nSPS) is 12.0. The van der Waals surface area contributed by atoms with Crippen LogP contribution in [0.1, 0.15) is 13.8 Å². The van der Waals surface area contributed by atoms with Gasteiger partial charge in [-0.2, -0.15) is 12.6 Å². The highest BCUT2D eigenvalue weighted by Gasteiger charge is 2.06. The third-order valence-corrected chi connectivity index (χ3v) is 3.22. The largest absolute Gasteiger partial charge is 0.379 e. The van der Waals surface area contributed by atoms with E-state index >= 15 is 0 Å². The summed E-state index contributed by atoms with van der Waals surface area (Å²) in [4.78, 5) is 0. The molecule has 0 rings (SSSR count). The van der Waals surface area contributed by atoms with Crippen LogP contribution in [0.3, 0.4) is 0 Å². The van der Waals surface area contributed by atoms with Crippen LogP contribution in [0.5, 0.6) is 0 Å². The Morgan fingerprint density at radius 1 is 1.25 bits per heavy atom. The Bertz CT molecular complexity index is 88.7. The van der Waals surface area contributed by atoms with Crippen LogP contribution in [0.25, 0.3) is 0 Å². The van der Waals surface area contributed by atoms with E-state index in [0.29, 0.717) is 13.2 Å². The van der Waals surface area contributed by atoms with Gasteiger partial charge in [-0.3, -0.25) is 0 Å². The second-order valence-electron chi connectivity index (χ2n) is 2.15. The summed E-state index contributed by atoms with van der Waals surface area (Å²) in [7, 11) is -0.503. The molecule has 12 heavy (non-hydrogen) atoms. The van der Waals surface area contributed by atoms with Crippen molar-refractivity contribution in [2.45, 2.75) is 26.4 Å². The zero-order valence-corrected chi connectivity index (χ0v) is 10.1. The second-order valence-corrected chi connectivity index (χ2v) is 4.04. The zero-order chi connectivity index (χ0) is 9.23. The molecular weight excluding hydrogens is 192 g/mol. The highest BCUT2D eigenvalue weighted by molar-refractivity contribution is 7.80. The van der Waals surface area contributed by atoms with E-state index in [1.54, 1.807) is 0 Å². The molecule has 0 bridgehead atoms. The van der Waals surface area contributed by atoms with E-state index in [9.17, 15) is 0 Å². The highest BCUT2D eigenvalue weighted by atomic mass is 32.1. The molecule has 0 aliphatic heterocycles. The predicted octanol–water partition coefficient (Wildman–Crippen LogP) is 0.791. The summed E-state index contributed by atoms with van der Waals surface area (Å²) < 4.78 is 15.8. The standard InChI is InChI=1S/C7H18O3SSi/c1-3-8-7(9-4-2)10-12-6-5-11/h7,11H,3-6,12H2,1-2H3. The molecule has 0 aliphatic rings. The Hall–Kier alpha value is 0.447. The van der Waals surface area contributed by atoms with Gasteiger partial charge in [0.2, 0.25) is 0 Å². The lowest BCUT2D eigenvalue weighted by molar-refractivity contribution is -0.243. The fourth-order valence-electron chi connectivity index (χ4n) is 0.661. The molecule has 0 spiro atoms. The minimum absolute atomic E-state index is 0.438. The molecule has 0 aromatic rings. The Balaban J connectivity index is 3.34. The van der Waals surface area contributed by atoms with Gasteiger partial charge in [0, 0.05) is 13.2 Å². The van der Waals surface area contributed by atoms with Gasteiger partial charge < -0.3 is 13.9 Å². The lowest BCUT2D eigenvalue weighted by atomic mass is 10.8. The Morgan fingerprint density at radius 3 is 2.25 bits per heavy atom. The van der Waals surface area contributed by atoms with Gasteiger partial charge in [0.15, 0.2) is 9.76 Å². The van der Waals surface area contributed by atoms with Crippen molar-refractivity contribution in [2.24, 2.45) is 0 Å². The highest BCUT2D eigenvalue weighted by Crippen LogP contribution is 1.97. The van der Waals surface area contributed by atoms with Crippen molar-refractivity contribution >= 4 is 22.4 Å². The van der Waals surface area contributed by atoms with E-state index in [-0.39, 0.29) is 0 Å². The van der Waals surface area contributed by atoms with Gasteiger partial charge in [0.1, 0.15) is 0 Å². The van der Waals surface area contributed by atoms with E-state index in [1.807, 2.05) is 13.8 Å². The smallest absolute Gasteiger partial charge is 0.261 e. The number of hydrogen-bond acceptors (Lipinski definition) is 4. The van der Waals surface area contributed by atoms with Crippen LogP contribution in [-0.4, -0.2) is 35.2 Å². The lowest BCUT2D eigenvalue weighted by Crippen LogP contribution is -2.23. The molecule has 0 fully saturated rings. The van der Waals surface area contributed by atoms with Crippen LogP contribution < -0.4 is 0 Å². The first kappa shape index (κ1) is 12.4. The number of ether oxygens (including phenoxy) is 2. The molecule has 5 heteroatoms. The molecule has 0 aliphatic carbocycles. The molecule has 0 saturated heterocycles. The van der Waals surface area contributed by atoms with Crippen LogP contribution >= 0.6 is 12.6 Å². The average Bonchev–Trinajstić information content (AvgIpc) is 2.06. The first-order chi connectivity index (χ1) is 5.85. The average molecular weight is 210 g/mol. The fourth-order valence-corrected chi connectivity index (χ4v) is 1.73. The molecular formula is C7H18O3SSi. The van der Waals surface area contributed by atoms with Crippen LogP contribution in [0, 0.1) is 0 Å². The van der Waals surface area contributed by atoms with E-state index < -0.39 is 16.2 Å². The van der Waals surface area contributed by atoms with Gasteiger partial charge >= 0.3 is 0 Å². The summed E-state index contributed by atoms with van der Waals surface area (Å²) in [6.07, 6.45) is 0. The van der Waals surface area contributed by atoms with Gasteiger partial charge in [-0.05, 0) is 25.6 Å².